The number of hydrogen-bond acceptors (Lipinski definition) is 5. The molecule has 0 spiro atoms. The van der Waals surface area contributed by atoms with E-state index >= 15 is 0 Å². The summed E-state index contributed by atoms with van der Waals surface area (Å²) in [6.45, 7) is 4.23. The van der Waals surface area contributed by atoms with Crippen LogP contribution in [0.4, 0.5) is 13.2 Å². The highest BCUT2D eigenvalue weighted by atomic mass is 31.2. The number of hydrogen-bond donors (Lipinski definition) is 0. The predicted molar refractivity (Wildman–Crippen MR) is 66.5 cm³/mol. The van der Waals surface area contributed by atoms with Gasteiger partial charge >= 0.3 is 19.7 Å². The molecular weight excluding hydrogens is 300 g/mol. The molecule has 0 saturated carbocycles. The Morgan fingerprint density at radius 2 is 1.60 bits per heavy atom. The lowest BCUT2D eigenvalue weighted by Crippen LogP contribution is -2.19. The average Bonchev–Trinajstić information content (AvgIpc) is 2.27. The molecule has 0 aliphatic heterocycles. The summed E-state index contributed by atoms with van der Waals surface area (Å²) < 4.78 is 64.5. The van der Waals surface area contributed by atoms with Crippen molar-refractivity contribution in [1.29, 1.82) is 0 Å². The van der Waals surface area contributed by atoms with E-state index in [9.17, 15) is 22.5 Å². The zero-order valence-electron chi connectivity index (χ0n) is 11.5. The number of carbonyl (C=O) groups excluding carboxylic acids is 1. The second kappa shape index (κ2) is 8.44. The van der Waals surface area contributed by atoms with Crippen molar-refractivity contribution in [3.8, 4) is 0 Å². The first-order valence-electron chi connectivity index (χ1n) is 6.01. The highest BCUT2D eigenvalue weighted by Gasteiger charge is 2.40. The Hall–Kier alpha value is -0.850. The zero-order chi connectivity index (χ0) is 15.8. The van der Waals surface area contributed by atoms with Gasteiger partial charge in [0.2, 0.25) is 0 Å². The maximum absolute atomic E-state index is 12.8. The smallest absolute Gasteiger partial charge is 0.413 e. The molecule has 0 aliphatic carbocycles. The van der Waals surface area contributed by atoms with Gasteiger partial charge in [0.1, 0.15) is 0 Å². The summed E-state index contributed by atoms with van der Waals surface area (Å²) in [5, 5.41) is 0. The molecule has 0 N–H and O–H groups in total. The summed E-state index contributed by atoms with van der Waals surface area (Å²) in [7, 11) is -3.94. The fraction of sp³-hybridized carbons (Fsp3) is 0.727. The van der Waals surface area contributed by atoms with E-state index in [1.54, 1.807) is 0 Å². The molecule has 0 aromatic heterocycles. The van der Waals surface area contributed by atoms with Crippen LogP contribution in [0.5, 0.6) is 0 Å². The van der Waals surface area contributed by atoms with E-state index in [0.717, 1.165) is 0 Å². The van der Waals surface area contributed by atoms with Crippen molar-refractivity contribution in [1.82, 2.24) is 0 Å². The van der Waals surface area contributed by atoms with Crippen LogP contribution >= 0.6 is 7.60 Å². The molecule has 0 fully saturated rings. The second-order valence-corrected chi connectivity index (χ2v) is 5.58. The number of alkyl halides is 3. The zero-order valence-corrected chi connectivity index (χ0v) is 12.4. The minimum atomic E-state index is -4.82. The Kier molecular flexibility index (Phi) is 8.08. The molecule has 9 heteroatoms. The molecule has 0 heterocycles. The minimum absolute atomic E-state index is 0.0605. The van der Waals surface area contributed by atoms with Gasteiger partial charge in [-0.1, -0.05) is 0 Å². The molecular formula is C11H18F3O5P. The summed E-state index contributed by atoms with van der Waals surface area (Å²) in [6.07, 6.45) is -5.58. The van der Waals surface area contributed by atoms with Gasteiger partial charge in [-0.15, -0.1) is 0 Å². The number of allylic oxidation sites excluding steroid dienone is 1. The highest BCUT2D eigenvalue weighted by Crippen LogP contribution is 2.51. The first-order valence-corrected chi connectivity index (χ1v) is 7.74. The first kappa shape index (κ1) is 19.1. The van der Waals surface area contributed by atoms with Crippen molar-refractivity contribution in [2.24, 2.45) is 0 Å². The Labute approximate surface area is 115 Å². The molecule has 0 aromatic carbocycles. The third-order valence-corrected chi connectivity index (χ3v) is 3.99. The van der Waals surface area contributed by atoms with E-state index in [-0.39, 0.29) is 25.9 Å². The maximum atomic E-state index is 12.8. The van der Waals surface area contributed by atoms with Gasteiger partial charge in [-0.05, 0) is 20.8 Å². The second-order valence-electron chi connectivity index (χ2n) is 3.52. The number of halogens is 3. The molecule has 20 heavy (non-hydrogen) atoms. The average molecular weight is 318 g/mol. The molecule has 0 radical (unpaired) electrons. The van der Waals surface area contributed by atoms with E-state index in [0.29, 0.717) is 0 Å². The quantitative estimate of drug-likeness (QED) is 0.390. The largest absolute Gasteiger partial charge is 0.463 e. The van der Waals surface area contributed by atoms with Crippen LogP contribution in [-0.4, -0.2) is 38.1 Å². The van der Waals surface area contributed by atoms with Gasteiger partial charge in [0, 0.05) is 6.08 Å². The lowest BCUT2D eigenvalue weighted by Gasteiger charge is -2.19. The van der Waals surface area contributed by atoms with E-state index in [1.807, 2.05) is 0 Å². The van der Waals surface area contributed by atoms with E-state index in [1.165, 1.54) is 20.8 Å². The normalized spacial score (nSPS) is 13.4. The van der Waals surface area contributed by atoms with Crippen molar-refractivity contribution in [2.45, 2.75) is 26.9 Å². The van der Waals surface area contributed by atoms with Gasteiger partial charge in [-0.25, -0.2) is 4.79 Å². The number of rotatable bonds is 8. The molecule has 5 nitrogen and oxygen atoms in total. The minimum Gasteiger partial charge on any atom is -0.463 e. The highest BCUT2D eigenvalue weighted by molar-refractivity contribution is 7.54. The third kappa shape index (κ3) is 7.07. The van der Waals surface area contributed by atoms with Crippen LogP contribution in [0.3, 0.4) is 0 Å². The van der Waals surface area contributed by atoms with Crippen LogP contribution in [0.25, 0.3) is 0 Å². The monoisotopic (exact) mass is 318 g/mol. The van der Waals surface area contributed by atoms with Crippen molar-refractivity contribution >= 4 is 13.6 Å². The van der Waals surface area contributed by atoms with Gasteiger partial charge in [-0.3, -0.25) is 4.57 Å². The molecule has 0 saturated heterocycles. The SMILES string of the molecule is CCOC(=O)/C=C(\CP(=O)(OCC)OCC)C(F)(F)F. The summed E-state index contributed by atoms with van der Waals surface area (Å²) in [6, 6.07) is 0. The first-order chi connectivity index (χ1) is 9.18. The topological polar surface area (TPSA) is 61.8 Å². The Bertz CT molecular complexity index is 382. The third-order valence-electron chi connectivity index (χ3n) is 1.96. The van der Waals surface area contributed by atoms with E-state index < -0.39 is 31.5 Å². The summed E-state index contributed by atoms with van der Waals surface area (Å²) in [4.78, 5) is 11.1. The number of ether oxygens (including phenoxy) is 1. The molecule has 0 amide bonds. The maximum Gasteiger partial charge on any atom is 0.413 e. The van der Waals surface area contributed by atoms with Crippen molar-refractivity contribution in [3.63, 3.8) is 0 Å². The molecule has 0 rings (SSSR count). The Morgan fingerprint density at radius 1 is 1.10 bits per heavy atom. The Balaban J connectivity index is 5.25. The van der Waals surface area contributed by atoms with Crippen LogP contribution in [0.2, 0.25) is 0 Å². The fourth-order valence-electron chi connectivity index (χ4n) is 1.27. The van der Waals surface area contributed by atoms with Crippen LogP contribution in [0.15, 0.2) is 11.6 Å². The van der Waals surface area contributed by atoms with Gasteiger partial charge in [0.15, 0.2) is 0 Å². The van der Waals surface area contributed by atoms with Crippen LogP contribution in [0.1, 0.15) is 20.8 Å². The number of carbonyl (C=O) groups is 1. The predicted octanol–water partition coefficient (Wildman–Crippen LogP) is 3.30. The summed E-state index contributed by atoms with van der Waals surface area (Å²) in [5.74, 6) is -1.15. The van der Waals surface area contributed by atoms with Crippen molar-refractivity contribution in [2.75, 3.05) is 26.0 Å². The molecule has 0 atom stereocenters. The molecule has 0 aliphatic rings. The van der Waals surface area contributed by atoms with Gasteiger partial charge in [0.05, 0.1) is 31.6 Å². The van der Waals surface area contributed by atoms with Crippen molar-refractivity contribution in [3.05, 3.63) is 11.6 Å². The van der Waals surface area contributed by atoms with E-state index in [4.69, 9.17) is 9.05 Å². The molecule has 0 unspecified atom stereocenters. The lowest BCUT2D eigenvalue weighted by atomic mass is 10.3. The van der Waals surface area contributed by atoms with Crippen LogP contribution < -0.4 is 0 Å². The molecule has 0 bridgehead atoms. The van der Waals surface area contributed by atoms with Crippen LogP contribution in [-0.2, 0) is 23.1 Å². The Morgan fingerprint density at radius 3 is 1.95 bits per heavy atom. The van der Waals surface area contributed by atoms with Gasteiger partial charge < -0.3 is 13.8 Å². The van der Waals surface area contributed by atoms with Gasteiger partial charge in [-0.2, -0.15) is 13.2 Å². The summed E-state index contributed by atoms with van der Waals surface area (Å²) >= 11 is 0. The van der Waals surface area contributed by atoms with Crippen molar-refractivity contribution < 1.29 is 36.3 Å². The van der Waals surface area contributed by atoms with Crippen LogP contribution in [0, 0.1) is 0 Å². The van der Waals surface area contributed by atoms with Gasteiger partial charge in [0.25, 0.3) is 0 Å². The summed E-state index contributed by atoms with van der Waals surface area (Å²) in [5.41, 5.74) is -1.30. The number of esters is 1. The lowest BCUT2D eigenvalue weighted by molar-refractivity contribution is -0.138. The standard InChI is InChI=1S/C11H18F3O5P/c1-4-17-10(15)7-9(11(12,13)14)8-20(16,18-5-2)19-6-3/h7H,4-6,8H2,1-3H3/b9-7+. The molecule has 118 valence electrons. The molecule has 0 aromatic rings. The van der Waals surface area contributed by atoms with E-state index in [2.05, 4.69) is 4.74 Å². The fourth-order valence-corrected chi connectivity index (χ4v) is 3.01.